The molecule has 2 atom stereocenters. The number of alkyl halides is 2. The molecule has 2 unspecified atom stereocenters. The third-order valence-corrected chi connectivity index (χ3v) is 6.62. The van der Waals surface area contributed by atoms with Crippen LogP contribution in [0.5, 0.6) is 0 Å². The Balaban J connectivity index is 1.41. The number of rotatable bonds is 6. The normalized spacial score (nSPS) is 21.6. The molecule has 1 saturated heterocycles. The van der Waals surface area contributed by atoms with Crippen LogP contribution in [0.2, 0.25) is 0 Å². The Kier molecular flexibility index (Phi) is 5.47. The summed E-state index contributed by atoms with van der Waals surface area (Å²) in [5.41, 5.74) is -0.267. The van der Waals surface area contributed by atoms with Gasteiger partial charge in [-0.05, 0) is 55.5 Å². The number of carbonyl (C=O) groups is 1. The quantitative estimate of drug-likeness (QED) is 0.585. The second-order valence-electron chi connectivity index (χ2n) is 8.61. The van der Waals surface area contributed by atoms with Crippen LogP contribution in [0.15, 0.2) is 55.0 Å². The summed E-state index contributed by atoms with van der Waals surface area (Å²) >= 11 is 0. The summed E-state index contributed by atoms with van der Waals surface area (Å²) in [7, 11) is 0. The van der Waals surface area contributed by atoms with E-state index in [1.165, 1.54) is 36.7 Å². The number of aromatic nitrogens is 3. The van der Waals surface area contributed by atoms with Crippen molar-refractivity contribution in [2.24, 2.45) is 5.92 Å². The highest BCUT2D eigenvalue weighted by atomic mass is 19.3. The van der Waals surface area contributed by atoms with E-state index < -0.39 is 17.8 Å². The van der Waals surface area contributed by atoms with Crippen molar-refractivity contribution in [1.29, 1.82) is 0 Å². The molecule has 3 heterocycles. The molecule has 2 aliphatic rings. The number of carbonyl (C=O) groups excluding carboxylic acids is 1. The molecule has 1 N–H and O–H groups in total. The minimum absolute atomic E-state index is 0.0956. The van der Waals surface area contributed by atoms with Gasteiger partial charge in [0.05, 0.1) is 16.7 Å². The van der Waals surface area contributed by atoms with Gasteiger partial charge in [0.1, 0.15) is 11.6 Å². The number of anilines is 1. The average molecular weight is 453 g/mol. The SMILES string of the molecule is O=C(c1cccc(F)c1-c1ncccn1)N1CC2CCC1(CNc1ccc(C(F)F)cn1)C2. The summed E-state index contributed by atoms with van der Waals surface area (Å²) in [5, 5.41) is 3.22. The number of halogens is 3. The van der Waals surface area contributed by atoms with Crippen LogP contribution >= 0.6 is 0 Å². The first-order valence-electron chi connectivity index (χ1n) is 10.8. The van der Waals surface area contributed by atoms with E-state index in [-0.39, 0.29) is 28.4 Å². The van der Waals surface area contributed by atoms with Gasteiger partial charge in [0, 0.05) is 37.2 Å². The van der Waals surface area contributed by atoms with Crippen molar-refractivity contribution in [3.8, 4) is 11.4 Å². The topological polar surface area (TPSA) is 71.0 Å². The summed E-state index contributed by atoms with van der Waals surface area (Å²) in [6.07, 6.45) is 4.24. The number of nitrogens with one attached hydrogen (secondary N) is 1. The molecule has 2 aromatic heterocycles. The summed E-state index contributed by atoms with van der Waals surface area (Å²) in [5.74, 6) is 0.197. The number of hydrogen-bond acceptors (Lipinski definition) is 5. The van der Waals surface area contributed by atoms with Gasteiger partial charge in [-0.2, -0.15) is 0 Å². The molecule has 1 amide bonds. The average Bonchev–Trinajstić information content (AvgIpc) is 3.42. The molecule has 1 aromatic carbocycles. The molecule has 1 saturated carbocycles. The Morgan fingerprint density at radius 1 is 1.15 bits per heavy atom. The molecule has 9 heteroatoms. The largest absolute Gasteiger partial charge is 0.368 e. The summed E-state index contributed by atoms with van der Waals surface area (Å²) in [6, 6.07) is 8.91. The Labute approximate surface area is 188 Å². The lowest BCUT2D eigenvalue weighted by Gasteiger charge is -2.39. The lowest BCUT2D eigenvalue weighted by atomic mass is 9.94. The van der Waals surface area contributed by atoms with Crippen LogP contribution in [-0.4, -0.2) is 44.4 Å². The van der Waals surface area contributed by atoms with E-state index >= 15 is 0 Å². The molecule has 6 nitrogen and oxygen atoms in total. The molecular weight excluding hydrogens is 431 g/mol. The Morgan fingerprint density at radius 2 is 1.97 bits per heavy atom. The van der Waals surface area contributed by atoms with E-state index in [0.29, 0.717) is 24.8 Å². The Morgan fingerprint density at radius 3 is 2.67 bits per heavy atom. The van der Waals surface area contributed by atoms with Gasteiger partial charge in [-0.15, -0.1) is 0 Å². The zero-order valence-electron chi connectivity index (χ0n) is 17.7. The fraction of sp³-hybridized carbons (Fsp3) is 0.333. The van der Waals surface area contributed by atoms with Crippen LogP contribution < -0.4 is 5.32 Å². The van der Waals surface area contributed by atoms with Crippen molar-refractivity contribution < 1.29 is 18.0 Å². The van der Waals surface area contributed by atoms with E-state index in [1.807, 2.05) is 4.90 Å². The van der Waals surface area contributed by atoms with Gasteiger partial charge in [-0.3, -0.25) is 4.79 Å². The standard InChI is InChI=1S/C24H22F3N5O/c25-18-4-1-3-17(20(18)22-28-9-2-10-29-22)23(33)32-13-15-7-8-24(32,11-15)14-31-19-6-5-16(12-30-19)21(26)27/h1-6,9-10,12,15,21H,7-8,11,13-14H2,(H,30,31). The lowest BCUT2D eigenvalue weighted by molar-refractivity contribution is 0.0567. The van der Waals surface area contributed by atoms with Gasteiger partial charge in [0.15, 0.2) is 5.82 Å². The van der Waals surface area contributed by atoms with Gasteiger partial charge in [0.2, 0.25) is 0 Å². The molecule has 2 bridgehead atoms. The van der Waals surface area contributed by atoms with Crippen LogP contribution in [0, 0.1) is 11.7 Å². The Bertz CT molecular complexity index is 1160. The molecule has 3 aromatic rings. The van der Waals surface area contributed by atoms with Gasteiger partial charge < -0.3 is 10.2 Å². The number of piperidine rings is 1. The molecule has 0 radical (unpaired) electrons. The molecule has 1 aliphatic carbocycles. The number of pyridine rings is 1. The van der Waals surface area contributed by atoms with Crippen molar-refractivity contribution >= 4 is 11.7 Å². The van der Waals surface area contributed by atoms with Crippen LogP contribution in [0.3, 0.4) is 0 Å². The van der Waals surface area contributed by atoms with E-state index in [1.54, 1.807) is 12.1 Å². The molecular formula is C24H22F3N5O. The van der Waals surface area contributed by atoms with Crippen molar-refractivity contribution in [2.75, 3.05) is 18.4 Å². The third-order valence-electron chi connectivity index (χ3n) is 6.62. The van der Waals surface area contributed by atoms with Crippen LogP contribution in [0.4, 0.5) is 19.0 Å². The second kappa shape index (κ2) is 8.46. The highest BCUT2D eigenvalue weighted by molar-refractivity contribution is 6.01. The number of benzene rings is 1. The Hall–Kier alpha value is -3.49. The van der Waals surface area contributed by atoms with Crippen LogP contribution in [0.1, 0.15) is 41.6 Å². The fourth-order valence-corrected chi connectivity index (χ4v) is 5.02. The zero-order valence-corrected chi connectivity index (χ0v) is 17.7. The molecule has 33 heavy (non-hydrogen) atoms. The number of hydrogen-bond donors (Lipinski definition) is 1. The molecule has 2 fully saturated rings. The molecule has 1 aliphatic heterocycles. The summed E-state index contributed by atoms with van der Waals surface area (Å²) in [6.45, 7) is 1.02. The molecule has 5 rings (SSSR count). The maximum Gasteiger partial charge on any atom is 0.265 e. The second-order valence-corrected chi connectivity index (χ2v) is 8.61. The summed E-state index contributed by atoms with van der Waals surface area (Å²) < 4.78 is 40.4. The predicted octanol–water partition coefficient (Wildman–Crippen LogP) is 4.72. The van der Waals surface area contributed by atoms with E-state index in [0.717, 1.165) is 25.5 Å². The number of amides is 1. The fourth-order valence-electron chi connectivity index (χ4n) is 5.02. The smallest absolute Gasteiger partial charge is 0.265 e. The van der Waals surface area contributed by atoms with Crippen molar-refractivity contribution in [1.82, 2.24) is 19.9 Å². The van der Waals surface area contributed by atoms with Gasteiger partial charge in [-0.25, -0.2) is 28.1 Å². The lowest BCUT2D eigenvalue weighted by Crippen LogP contribution is -2.52. The van der Waals surface area contributed by atoms with Crippen molar-refractivity contribution in [3.63, 3.8) is 0 Å². The van der Waals surface area contributed by atoms with E-state index in [9.17, 15) is 18.0 Å². The highest BCUT2D eigenvalue weighted by Gasteiger charge is 2.52. The minimum Gasteiger partial charge on any atom is -0.368 e. The van der Waals surface area contributed by atoms with Gasteiger partial charge in [0.25, 0.3) is 12.3 Å². The van der Waals surface area contributed by atoms with Gasteiger partial charge >= 0.3 is 0 Å². The maximum atomic E-state index is 14.8. The van der Waals surface area contributed by atoms with E-state index in [2.05, 4.69) is 20.3 Å². The summed E-state index contributed by atoms with van der Waals surface area (Å²) in [4.78, 5) is 27.9. The maximum absolute atomic E-state index is 14.8. The van der Waals surface area contributed by atoms with Crippen LogP contribution in [0.25, 0.3) is 11.4 Å². The molecule has 0 spiro atoms. The van der Waals surface area contributed by atoms with Crippen LogP contribution in [-0.2, 0) is 0 Å². The van der Waals surface area contributed by atoms with Crippen molar-refractivity contribution in [3.05, 3.63) is 71.9 Å². The predicted molar refractivity (Wildman–Crippen MR) is 116 cm³/mol. The first-order valence-corrected chi connectivity index (χ1v) is 10.8. The van der Waals surface area contributed by atoms with E-state index in [4.69, 9.17) is 0 Å². The minimum atomic E-state index is -2.57. The first kappa shape index (κ1) is 21.4. The monoisotopic (exact) mass is 453 g/mol. The number of fused-ring (bicyclic) bond motifs is 2. The van der Waals surface area contributed by atoms with Crippen molar-refractivity contribution in [2.45, 2.75) is 31.2 Å². The zero-order chi connectivity index (χ0) is 23.0. The van der Waals surface area contributed by atoms with Gasteiger partial charge in [-0.1, -0.05) is 6.07 Å². The number of likely N-dealkylation sites (tertiary alicyclic amines) is 1. The molecule has 170 valence electrons. The third kappa shape index (κ3) is 3.92. The number of nitrogens with zero attached hydrogens (tertiary/aromatic N) is 4. The first-order chi connectivity index (χ1) is 16.0. The highest BCUT2D eigenvalue weighted by Crippen LogP contribution is 2.47.